The first-order chi connectivity index (χ1) is 10.1. The monoisotopic (exact) mass is 304 g/mol. The first kappa shape index (κ1) is 15.5. The molecule has 2 N–H and O–H groups in total. The van der Waals surface area contributed by atoms with Crippen LogP contribution in [0, 0.1) is 6.92 Å². The molecular formula is C16H20N2O2S. The van der Waals surface area contributed by atoms with Crippen LogP contribution in [-0.2, 0) is 10.0 Å². The summed E-state index contributed by atoms with van der Waals surface area (Å²) in [6, 6.07) is 16.0. The summed E-state index contributed by atoms with van der Waals surface area (Å²) in [7, 11) is -3.57. The number of sulfonamides is 1. The second-order valence-corrected chi connectivity index (χ2v) is 6.68. The van der Waals surface area contributed by atoms with Crippen molar-refractivity contribution in [2.24, 2.45) is 5.73 Å². The van der Waals surface area contributed by atoms with E-state index >= 15 is 0 Å². The van der Waals surface area contributed by atoms with E-state index in [0.29, 0.717) is 30.1 Å². The largest absolute Gasteiger partial charge is 0.330 e. The summed E-state index contributed by atoms with van der Waals surface area (Å²) >= 11 is 0. The predicted octanol–water partition coefficient (Wildman–Crippen LogP) is 2.54. The molecular weight excluding hydrogens is 284 g/mol. The molecule has 0 aromatic heterocycles. The lowest BCUT2D eigenvalue weighted by Crippen LogP contribution is -2.33. The van der Waals surface area contributed by atoms with E-state index in [1.54, 1.807) is 30.3 Å². The van der Waals surface area contributed by atoms with Crippen molar-refractivity contribution in [3.05, 3.63) is 60.2 Å². The normalized spacial score (nSPS) is 11.3. The molecule has 0 bridgehead atoms. The van der Waals surface area contributed by atoms with Gasteiger partial charge in [0, 0.05) is 6.54 Å². The van der Waals surface area contributed by atoms with Gasteiger partial charge in [0.25, 0.3) is 10.0 Å². The summed E-state index contributed by atoms with van der Waals surface area (Å²) in [4.78, 5) is 0.297. The molecule has 0 aliphatic rings. The lowest BCUT2D eigenvalue weighted by atomic mass is 10.2. The minimum atomic E-state index is -3.57. The zero-order valence-electron chi connectivity index (χ0n) is 12.1. The van der Waals surface area contributed by atoms with E-state index in [4.69, 9.17) is 5.73 Å². The van der Waals surface area contributed by atoms with Gasteiger partial charge >= 0.3 is 0 Å². The number of benzene rings is 2. The highest BCUT2D eigenvalue weighted by atomic mass is 32.2. The number of nitrogens with zero attached hydrogens (tertiary/aromatic N) is 1. The molecule has 112 valence electrons. The van der Waals surface area contributed by atoms with Crippen molar-refractivity contribution in [3.8, 4) is 0 Å². The van der Waals surface area contributed by atoms with Gasteiger partial charge in [-0.1, -0.05) is 36.4 Å². The van der Waals surface area contributed by atoms with E-state index in [9.17, 15) is 8.42 Å². The van der Waals surface area contributed by atoms with Crippen molar-refractivity contribution in [1.29, 1.82) is 0 Å². The van der Waals surface area contributed by atoms with Gasteiger partial charge < -0.3 is 5.73 Å². The highest BCUT2D eigenvalue weighted by Gasteiger charge is 2.25. The SMILES string of the molecule is Cc1ccccc1N(CCCN)S(=O)(=O)c1ccccc1. The molecule has 2 rings (SSSR count). The van der Waals surface area contributed by atoms with Crippen molar-refractivity contribution in [3.63, 3.8) is 0 Å². The van der Waals surface area contributed by atoms with Crippen LogP contribution in [0.5, 0.6) is 0 Å². The van der Waals surface area contributed by atoms with Gasteiger partial charge in [-0.25, -0.2) is 8.42 Å². The maximum atomic E-state index is 12.9. The topological polar surface area (TPSA) is 63.4 Å². The van der Waals surface area contributed by atoms with Gasteiger partial charge in [-0.15, -0.1) is 0 Å². The summed E-state index contributed by atoms with van der Waals surface area (Å²) in [6.45, 7) is 2.73. The lowest BCUT2D eigenvalue weighted by Gasteiger charge is -2.26. The molecule has 0 amide bonds. The van der Waals surface area contributed by atoms with E-state index in [1.807, 2.05) is 31.2 Å². The fourth-order valence-corrected chi connectivity index (χ4v) is 3.76. The molecule has 0 fully saturated rings. The Labute approximate surface area is 126 Å². The molecule has 2 aromatic rings. The first-order valence-electron chi connectivity index (χ1n) is 6.91. The van der Waals surface area contributed by atoms with E-state index in [-0.39, 0.29) is 0 Å². The maximum absolute atomic E-state index is 12.9. The molecule has 0 heterocycles. The second-order valence-electron chi connectivity index (χ2n) is 4.82. The maximum Gasteiger partial charge on any atom is 0.264 e. The zero-order chi connectivity index (χ0) is 15.3. The van der Waals surface area contributed by atoms with E-state index in [0.717, 1.165) is 5.56 Å². The minimum Gasteiger partial charge on any atom is -0.330 e. The van der Waals surface area contributed by atoms with Crippen LogP contribution in [0.3, 0.4) is 0 Å². The fraction of sp³-hybridized carbons (Fsp3) is 0.250. The predicted molar refractivity (Wildman–Crippen MR) is 85.8 cm³/mol. The number of hydrogen-bond donors (Lipinski definition) is 1. The van der Waals surface area contributed by atoms with Gasteiger partial charge in [0.05, 0.1) is 10.6 Å². The molecule has 4 nitrogen and oxygen atoms in total. The molecule has 0 saturated heterocycles. The molecule has 0 saturated carbocycles. The highest BCUT2D eigenvalue weighted by molar-refractivity contribution is 7.92. The number of hydrogen-bond acceptors (Lipinski definition) is 3. The van der Waals surface area contributed by atoms with Gasteiger partial charge in [0.2, 0.25) is 0 Å². The van der Waals surface area contributed by atoms with Crippen molar-refractivity contribution >= 4 is 15.7 Å². The number of rotatable bonds is 6. The Morgan fingerprint density at radius 1 is 1.00 bits per heavy atom. The Hall–Kier alpha value is -1.85. The molecule has 0 atom stereocenters. The average Bonchev–Trinajstić information content (AvgIpc) is 2.50. The summed E-state index contributed by atoms with van der Waals surface area (Å²) in [5, 5.41) is 0. The summed E-state index contributed by atoms with van der Waals surface area (Å²) in [5.74, 6) is 0. The highest BCUT2D eigenvalue weighted by Crippen LogP contribution is 2.26. The first-order valence-corrected chi connectivity index (χ1v) is 8.35. The van der Waals surface area contributed by atoms with Crippen LogP contribution in [0.2, 0.25) is 0 Å². The average molecular weight is 304 g/mol. The van der Waals surface area contributed by atoms with E-state index in [2.05, 4.69) is 0 Å². The van der Waals surface area contributed by atoms with Crippen LogP contribution in [0.15, 0.2) is 59.5 Å². The molecule has 0 spiro atoms. The number of nitrogens with two attached hydrogens (primary N) is 1. The van der Waals surface area contributed by atoms with Gasteiger partial charge in [-0.2, -0.15) is 0 Å². The van der Waals surface area contributed by atoms with E-state index < -0.39 is 10.0 Å². The van der Waals surface area contributed by atoms with Crippen molar-refractivity contribution in [2.45, 2.75) is 18.2 Å². The Kier molecular flexibility index (Phi) is 4.98. The molecule has 0 aliphatic carbocycles. The van der Waals surface area contributed by atoms with Crippen molar-refractivity contribution in [1.82, 2.24) is 0 Å². The van der Waals surface area contributed by atoms with Crippen molar-refractivity contribution in [2.75, 3.05) is 17.4 Å². The quantitative estimate of drug-likeness (QED) is 0.892. The summed E-state index contributed by atoms with van der Waals surface area (Å²) in [5.41, 5.74) is 7.18. The number of anilines is 1. The standard InChI is InChI=1S/C16H20N2O2S/c1-14-8-5-6-11-16(14)18(13-7-12-17)21(19,20)15-9-3-2-4-10-15/h2-6,8-11H,7,12-13,17H2,1H3. The Morgan fingerprint density at radius 2 is 1.62 bits per heavy atom. The van der Waals surface area contributed by atoms with Gasteiger partial charge in [-0.3, -0.25) is 4.31 Å². The van der Waals surface area contributed by atoms with Crippen LogP contribution in [0.4, 0.5) is 5.69 Å². The third kappa shape index (κ3) is 3.43. The molecule has 0 aliphatic heterocycles. The van der Waals surface area contributed by atoms with Crippen LogP contribution in [0.25, 0.3) is 0 Å². The zero-order valence-corrected chi connectivity index (χ0v) is 12.9. The van der Waals surface area contributed by atoms with Crippen LogP contribution < -0.4 is 10.0 Å². The van der Waals surface area contributed by atoms with Gasteiger partial charge in [-0.05, 0) is 43.7 Å². The Balaban J connectivity index is 2.48. The smallest absolute Gasteiger partial charge is 0.264 e. The van der Waals surface area contributed by atoms with Gasteiger partial charge in [0.1, 0.15) is 0 Å². The van der Waals surface area contributed by atoms with Crippen molar-refractivity contribution < 1.29 is 8.42 Å². The summed E-state index contributed by atoms with van der Waals surface area (Å²) < 4.78 is 27.2. The minimum absolute atomic E-state index is 0.297. The van der Waals surface area contributed by atoms with Crippen LogP contribution in [0.1, 0.15) is 12.0 Å². The molecule has 0 unspecified atom stereocenters. The second kappa shape index (κ2) is 6.74. The van der Waals surface area contributed by atoms with Crippen LogP contribution >= 0.6 is 0 Å². The number of aryl methyl sites for hydroxylation is 1. The molecule has 2 aromatic carbocycles. The number of para-hydroxylation sites is 1. The molecule has 21 heavy (non-hydrogen) atoms. The molecule has 0 radical (unpaired) electrons. The Bertz CT molecular complexity index is 684. The Morgan fingerprint density at radius 3 is 2.24 bits per heavy atom. The van der Waals surface area contributed by atoms with E-state index in [1.165, 1.54) is 4.31 Å². The van der Waals surface area contributed by atoms with Gasteiger partial charge in [0.15, 0.2) is 0 Å². The third-order valence-electron chi connectivity index (χ3n) is 3.28. The fourth-order valence-electron chi connectivity index (χ4n) is 2.17. The molecule has 5 heteroatoms. The lowest BCUT2D eigenvalue weighted by molar-refractivity contribution is 0.589. The third-order valence-corrected chi connectivity index (χ3v) is 5.11. The van der Waals surface area contributed by atoms with Crippen LogP contribution in [-0.4, -0.2) is 21.5 Å². The summed E-state index contributed by atoms with van der Waals surface area (Å²) in [6.07, 6.45) is 0.612.